The van der Waals surface area contributed by atoms with E-state index in [-0.39, 0.29) is 22.6 Å². The molecule has 2 N–H and O–H groups in total. The van der Waals surface area contributed by atoms with Crippen molar-refractivity contribution in [1.82, 2.24) is 15.5 Å². The molecule has 0 aliphatic heterocycles. The highest BCUT2D eigenvalue weighted by Crippen LogP contribution is 2.60. The molecule has 4 fully saturated rings. The zero-order chi connectivity index (χ0) is 23.2. The highest BCUT2D eigenvalue weighted by Gasteiger charge is 2.54. The van der Waals surface area contributed by atoms with Gasteiger partial charge in [-0.3, -0.25) is 9.59 Å². The van der Waals surface area contributed by atoms with Crippen molar-refractivity contribution in [3.63, 3.8) is 0 Å². The van der Waals surface area contributed by atoms with E-state index < -0.39 is 0 Å². The van der Waals surface area contributed by atoms with Gasteiger partial charge in [0.1, 0.15) is 0 Å². The third-order valence-corrected chi connectivity index (χ3v) is 7.86. The molecule has 4 aliphatic rings. The fourth-order valence-corrected chi connectivity index (χ4v) is 6.52. The van der Waals surface area contributed by atoms with Crippen LogP contribution >= 0.6 is 0 Å². The summed E-state index contributed by atoms with van der Waals surface area (Å²) in [4.78, 5) is 25.7. The molecule has 6 rings (SSSR count). The van der Waals surface area contributed by atoms with Crippen molar-refractivity contribution in [1.29, 1.82) is 0 Å². The van der Waals surface area contributed by atoms with Gasteiger partial charge in [0.2, 0.25) is 5.91 Å². The Morgan fingerprint density at radius 2 is 1.52 bits per heavy atom. The predicted octanol–water partition coefficient (Wildman–Crippen LogP) is 4.86. The standard InChI is InChI=1S/C27H34N4O2/c1-26(2,3)22-8-9-23(31-30-22)29-24(32)21-6-4-17(5-7-21)16-28-25(33)27-13-18-10-19(14-27)12-20(11-18)15-27/h4-9,18-20H,10-16H2,1-3H3,(H,28,33)(H,29,31,32). The lowest BCUT2D eigenvalue weighted by Gasteiger charge is -2.55. The molecule has 1 heterocycles. The Hall–Kier alpha value is -2.76. The third-order valence-electron chi connectivity index (χ3n) is 7.86. The lowest BCUT2D eigenvalue weighted by atomic mass is 9.49. The minimum absolute atomic E-state index is 0.0868. The second-order valence-corrected chi connectivity index (χ2v) is 11.6. The molecule has 4 saturated carbocycles. The van der Waals surface area contributed by atoms with Gasteiger partial charge in [-0.15, -0.1) is 5.10 Å². The van der Waals surface area contributed by atoms with Crippen LogP contribution in [0.4, 0.5) is 5.82 Å². The Morgan fingerprint density at radius 1 is 0.909 bits per heavy atom. The number of carbonyl (C=O) groups is 2. The Labute approximate surface area is 196 Å². The summed E-state index contributed by atoms with van der Waals surface area (Å²) in [5.74, 6) is 2.72. The van der Waals surface area contributed by atoms with Gasteiger partial charge in [-0.05, 0) is 86.1 Å². The summed E-state index contributed by atoms with van der Waals surface area (Å²) in [7, 11) is 0. The monoisotopic (exact) mass is 446 g/mol. The molecule has 174 valence electrons. The first kappa shape index (κ1) is 22.1. The van der Waals surface area contributed by atoms with E-state index in [1.807, 2.05) is 18.2 Å². The van der Waals surface area contributed by atoms with Gasteiger partial charge in [-0.2, -0.15) is 5.10 Å². The molecule has 2 aromatic rings. The first-order valence-electron chi connectivity index (χ1n) is 12.2. The smallest absolute Gasteiger partial charge is 0.256 e. The SMILES string of the molecule is CC(C)(C)c1ccc(NC(=O)c2ccc(CNC(=O)C34CC5CC(CC(C5)C3)C4)cc2)nn1. The van der Waals surface area contributed by atoms with E-state index >= 15 is 0 Å². The highest BCUT2D eigenvalue weighted by molar-refractivity contribution is 6.03. The van der Waals surface area contributed by atoms with Crippen LogP contribution in [0, 0.1) is 23.2 Å². The summed E-state index contributed by atoms with van der Waals surface area (Å²) in [6, 6.07) is 11.1. The zero-order valence-corrected chi connectivity index (χ0v) is 19.9. The van der Waals surface area contributed by atoms with Gasteiger partial charge in [0.25, 0.3) is 5.91 Å². The van der Waals surface area contributed by atoms with Crippen molar-refractivity contribution in [2.75, 3.05) is 5.32 Å². The van der Waals surface area contributed by atoms with E-state index in [0.717, 1.165) is 48.3 Å². The van der Waals surface area contributed by atoms with Crippen molar-refractivity contribution >= 4 is 17.6 Å². The summed E-state index contributed by atoms with van der Waals surface area (Å²) in [5, 5.41) is 14.3. The number of hydrogen-bond acceptors (Lipinski definition) is 4. The van der Waals surface area contributed by atoms with Crippen molar-refractivity contribution in [2.45, 2.75) is 71.3 Å². The number of hydrogen-bond donors (Lipinski definition) is 2. The molecule has 4 bridgehead atoms. The normalized spacial score (nSPS) is 27.9. The molecular weight excluding hydrogens is 412 g/mol. The van der Waals surface area contributed by atoms with E-state index in [9.17, 15) is 9.59 Å². The van der Waals surface area contributed by atoms with Crippen LogP contribution in [0.15, 0.2) is 36.4 Å². The van der Waals surface area contributed by atoms with E-state index in [1.165, 1.54) is 19.3 Å². The fraction of sp³-hybridized carbons (Fsp3) is 0.556. The van der Waals surface area contributed by atoms with Crippen LogP contribution in [0.25, 0.3) is 0 Å². The predicted molar refractivity (Wildman–Crippen MR) is 128 cm³/mol. The second-order valence-electron chi connectivity index (χ2n) is 11.6. The minimum atomic E-state index is -0.225. The average Bonchev–Trinajstić information content (AvgIpc) is 2.76. The largest absolute Gasteiger partial charge is 0.352 e. The Balaban J connectivity index is 1.16. The molecule has 2 amide bonds. The summed E-state index contributed by atoms with van der Waals surface area (Å²) in [5.41, 5.74) is 2.21. The van der Waals surface area contributed by atoms with Crippen LogP contribution in [-0.2, 0) is 16.8 Å². The van der Waals surface area contributed by atoms with E-state index in [2.05, 4.69) is 41.6 Å². The van der Waals surface area contributed by atoms with Crippen LogP contribution in [0.2, 0.25) is 0 Å². The Kier molecular flexibility index (Phi) is 5.50. The van der Waals surface area contributed by atoms with Crippen molar-refractivity contribution in [3.8, 4) is 0 Å². The van der Waals surface area contributed by atoms with Crippen molar-refractivity contribution < 1.29 is 9.59 Å². The van der Waals surface area contributed by atoms with Gasteiger partial charge < -0.3 is 10.6 Å². The number of aromatic nitrogens is 2. The number of anilines is 1. The molecule has 33 heavy (non-hydrogen) atoms. The maximum Gasteiger partial charge on any atom is 0.256 e. The van der Waals surface area contributed by atoms with Gasteiger partial charge in [-0.1, -0.05) is 32.9 Å². The molecule has 1 aromatic carbocycles. The number of nitrogens with zero attached hydrogens (tertiary/aromatic N) is 2. The van der Waals surface area contributed by atoms with Crippen molar-refractivity contribution in [2.24, 2.45) is 23.2 Å². The van der Waals surface area contributed by atoms with Crippen LogP contribution in [0.5, 0.6) is 0 Å². The molecular formula is C27H34N4O2. The molecule has 1 aromatic heterocycles. The molecule has 6 nitrogen and oxygen atoms in total. The Morgan fingerprint density at radius 3 is 2.03 bits per heavy atom. The third kappa shape index (κ3) is 4.53. The van der Waals surface area contributed by atoms with Gasteiger partial charge in [-0.25, -0.2) is 0 Å². The van der Waals surface area contributed by atoms with E-state index in [4.69, 9.17) is 0 Å². The summed E-state index contributed by atoms with van der Waals surface area (Å²) >= 11 is 0. The van der Waals surface area contributed by atoms with Crippen molar-refractivity contribution in [3.05, 3.63) is 53.2 Å². The number of rotatable bonds is 5. The van der Waals surface area contributed by atoms with Crippen LogP contribution in [0.1, 0.15) is 80.9 Å². The Bertz CT molecular complexity index is 1000. The van der Waals surface area contributed by atoms with Crippen LogP contribution < -0.4 is 10.6 Å². The lowest BCUT2D eigenvalue weighted by molar-refractivity contribution is -0.146. The zero-order valence-electron chi connectivity index (χ0n) is 19.9. The van der Waals surface area contributed by atoms with Gasteiger partial charge in [0, 0.05) is 22.9 Å². The maximum atomic E-state index is 13.1. The highest BCUT2D eigenvalue weighted by atomic mass is 16.2. The molecule has 6 heteroatoms. The minimum Gasteiger partial charge on any atom is -0.352 e. The number of benzene rings is 1. The molecule has 0 atom stereocenters. The summed E-state index contributed by atoms with van der Waals surface area (Å²) < 4.78 is 0. The van der Waals surface area contributed by atoms with E-state index in [0.29, 0.717) is 17.9 Å². The number of amides is 2. The summed E-state index contributed by atoms with van der Waals surface area (Å²) in [6.45, 7) is 6.72. The topological polar surface area (TPSA) is 84.0 Å². The molecule has 0 unspecified atom stereocenters. The summed E-state index contributed by atoms with van der Waals surface area (Å²) in [6.07, 6.45) is 7.23. The molecule has 4 aliphatic carbocycles. The second kappa shape index (κ2) is 8.23. The first-order chi connectivity index (χ1) is 15.7. The van der Waals surface area contributed by atoms with Crippen LogP contribution in [-0.4, -0.2) is 22.0 Å². The van der Waals surface area contributed by atoms with Gasteiger partial charge in [0.15, 0.2) is 5.82 Å². The van der Waals surface area contributed by atoms with Gasteiger partial charge in [0.05, 0.1) is 5.69 Å². The van der Waals surface area contributed by atoms with E-state index in [1.54, 1.807) is 18.2 Å². The quantitative estimate of drug-likeness (QED) is 0.687. The molecule has 0 radical (unpaired) electrons. The average molecular weight is 447 g/mol. The number of nitrogens with one attached hydrogen (secondary N) is 2. The van der Waals surface area contributed by atoms with Gasteiger partial charge >= 0.3 is 0 Å². The first-order valence-corrected chi connectivity index (χ1v) is 12.2. The molecule has 0 saturated heterocycles. The lowest BCUT2D eigenvalue weighted by Crippen LogP contribution is -2.53. The fourth-order valence-electron chi connectivity index (χ4n) is 6.52. The molecule has 0 spiro atoms. The number of carbonyl (C=O) groups excluding carboxylic acids is 2. The maximum absolute atomic E-state index is 13.1. The van der Waals surface area contributed by atoms with Crippen LogP contribution in [0.3, 0.4) is 0 Å².